The van der Waals surface area contributed by atoms with Crippen LogP contribution in [0.5, 0.6) is 5.75 Å². The minimum absolute atomic E-state index is 0.0254. The van der Waals surface area contributed by atoms with Gasteiger partial charge in [0.25, 0.3) is 0 Å². The zero-order valence-corrected chi connectivity index (χ0v) is 7.94. The second-order valence-corrected chi connectivity index (χ2v) is 3.03. The molecule has 0 spiro atoms. The molecule has 0 atom stereocenters. The molecule has 6 heteroatoms. The summed E-state index contributed by atoms with van der Waals surface area (Å²) in [5, 5.41) is 19.6. The standard InChI is InChI=1S/C8H14N4O2/c1-5-8(14)7(3-12(9)10)6(4-13)2-11-5/h2,13-14H,3-4,9-10H2,1H3. The number of aryl methyl sites for hydroxylation is 1. The highest BCUT2D eigenvalue weighted by Crippen LogP contribution is 2.24. The molecule has 0 fully saturated rings. The first-order chi connectivity index (χ1) is 6.56. The van der Waals surface area contributed by atoms with E-state index in [1.807, 2.05) is 0 Å². The van der Waals surface area contributed by atoms with Crippen molar-refractivity contribution in [2.75, 3.05) is 0 Å². The molecule has 0 aliphatic heterocycles. The van der Waals surface area contributed by atoms with Crippen molar-refractivity contribution in [1.82, 2.24) is 10.1 Å². The van der Waals surface area contributed by atoms with E-state index < -0.39 is 0 Å². The summed E-state index contributed by atoms with van der Waals surface area (Å²) in [5.41, 5.74) is 1.51. The zero-order chi connectivity index (χ0) is 10.7. The van der Waals surface area contributed by atoms with E-state index in [4.69, 9.17) is 16.8 Å². The molecule has 1 rings (SSSR count). The predicted molar refractivity (Wildman–Crippen MR) is 50.5 cm³/mol. The molecule has 0 radical (unpaired) electrons. The van der Waals surface area contributed by atoms with E-state index in [-0.39, 0.29) is 18.9 Å². The van der Waals surface area contributed by atoms with Crippen molar-refractivity contribution < 1.29 is 10.2 Å². The Morgan fingerprint density at radius 1 is 1.50 bits per heavy atom. The maximum Gasteiger partial charge on any atom is 0.141 e. The van der Waals surface area contributed by atoms with E-state index in [9.17, 15) is 5.11 Å². The minimum atomic E-state index is -0.204. The summed E-state index contributed by atoms with van der Waals surface area (Å²) in [6.07, 6.45) is 1.49. The number of aromatic nitrogens is 1. The van der Waals surface area contributed by atoms with Crippen LogP contribution in [-0.2, 0) is 13.2 Å². The Balaban J connectivity index is 3.14. The normalized spacial score (nSPS) is 10.9. The highest BCUT2D eigenvalue weighted by atomic mass is 16.3. The molecular formula is C8H14N4O2. The highest BCUT2D eigenvalue weighted by Gasteiger charge is 2.11. The maximum atomic E-state index is 9.65. The lowest BCUT2D eigenvalue weighted by molar-refractivity contribution is 0.260. The number of hydrogen-bond donors (Lipinski definition) is 4. The summed E-state index contributed by atoms with van der Waals surface area (Å²) in [6.45, 7) is 1.62. The van der Waals surface area contributed by atoms with Crippen molar-refractivity contribution in [3.05, 3.63) is 23.0 Å². The van der Waals surface area contributed by atoms with E-state index in [0.717, 1.165) is 5.12 Å². The summed E-state index contributed by atoms with van der Waals surface area (Å²) in [5.74, 6) is 10.6. The summed E-state index contributed by atoms with van der Waals surface area (Å²) in [7, 11) is 0. The Hall–Kier alpha value is -1.21. The number of hydrazine groups is 2. The van der Waals surface area contributed by atoms with Gasteiger partial charge in [0, 0.05) is 17.3 Å². The SMILES string of the molecule is Cc1ncc(CO)c(CN(N)N)c1O. The van der Waals surface area contributed by atoms with Gasteiger partial charge in [-0.1, -0.05) is 0 Å². The number of aromatic hydroxyl groups is 1. The molecule has 1 aromatic rings. The Labute approximate surface area is 81.7 Å². The second-order valence-electron chi connectivity index (χ2n) is 3.03. The van der Waals surface area contributed by atoms with Crippen molar-refractivity contribution >= 4 is 0 Å². The van der Waals surface area contributed by atoms with Crippen molar-refractivity contribution in [3.63, 3.8) is 0 Å². The average molecular weight is 198 g/mol. The van der Waals surface area contributed by atoms with Crippen LogP contribution in [0.3, 0.4) is 0 Å². The van der Waals surface area contributed by atoms with Crippen LogP contribution in [0, 0.1) is 6.92 Å². The van der Waals surface area contributed by atoms with Crippen LogP contribution >= 0.6 is 0 Å². The molecule has 1 aromatic heterocycles. The second kappa shape index (κ2) is 4.34. The number of pyridine rings is 1. The van der Waals surface area contributed by atoms with Gasteiger partial charge in [-0.2, -0.15) is 5.12 Å². The molecule has 0 saturated heterocycles. The summed E-state index contributed by atoms with van der Waals surface area (Å²) < 4.78 is 0. The Bertz CT molecular complexity index is 327. The third kappa shape index (κ3) is 2.18. The van der Waals surface area contributed by atoms with Crippen LogP contribution < -0.4 is 11.7 Å². The fourth-order valence-electron chi connectivity index (χ4n) is 1.18. The van der Waals surface area contributed by atoms with Gasteiger partial charge in [0.15, 0.2) is 0 Å². The van der Waals surface area contributed by atoms with Gasteiger partial charge in [0.05, 0.1) is 18.8 Å². The fourth-order valence-corrected chi connectivity index (χ4v) is 1.18. The first-order valence-corrected chi connectivity index (χ1v) is 4.10. The lowest BCUT2D eigenvalue weighted by Crippen LogP contribution is -2.37. The molecule has 0 aliphatic carbocycles. The van der Waals surface area contributed by atoms with Crippen LogP contribution in [0.15, 0.2) is 6.20 Å². The molecule has 0 bridgehead atoms. The Morgan fingerprint density at radius 3 is 2.64 bits per heavy atom. The van der Waals surface area contributed by atoms with Crippen LogP contribution in [0.2, 0.25) is 0 Å². The molecule has 78 valence electrons. The van der Waals surface area contributed by atoms with Gasteiger partial charge in [-0.3, -0.25) is 16.7 Å². The van der Waals surface area contributed by atoms with Crippen molar-refractivity contribution in [2.45, 2.75) is 20.1 Å². The smallest absolute Gasteiger partial charge is 0.141 e. The number of hydrogen-bond acceptors (Lipinski definition) is 6. The minimum Gasteiger partial charge on any atom is -0.506 e. The van der Waals surface area contributed by atoms with Crippen molar-refractivity contribution in [2.24, 2.45) is 11.7 Å². The topological polar surface area (TPSA) is 109 Å². The Kier molecular flexibility index (Phi) is 3.37. The van der Waals surface area contributed by atoms with Gasteiger partial charge in [-0.05, 0) is 6.92 Å². The summed E-state index contributed by atoms with van der Waals surface area (Å²) in [6, 6.07) is 0. The third-order valence-corrected chi connectivity index (χ3v) is 1.94. The van der Waals surface area contributed by atoms with Crippen LogP contribution in [0.25, 0.3) is 0 Å². The van der Waals surface area contributed by atoms with Crippen molar-refractivity contribution in [3.8, 4) is 5.75 Å². The van der Waals surface area contributed by atoms with E-state index in [1.54, 1.807) is 6.92 Å². The molecule has 14 heavy (non-hydrogen) atoms. The molecule has 0 aromatic carbocycles. The number of rotatable bonds is 3. The van der Waals surface area contributed by atoms with E-state index in [2.05, 4.69) is 4.98 Å². The molecule has 0 unspecified atom stereocenters. The van der Waals surface area contributed by atoms with Crippen LogP contribution in [0.4, 0.5) is 0 Å². The fraction of sp³-hybridized carbons (Fsp3) is 0.375. The van der Waals surface area contributed by atoms with Gasteiger partial charge in [0.2, 0.25) is 0 Å². The van der Waals surface area contributed by atoms with E-state index in [1.165, 1.54) is 6.20 Å². The third-order valence-electron chi connectivity index (χ3n) is 1.94. The lowest BCUT2D eigenvalue weighted by Gasteiger charge is -2.14. The van der Waals surface area contributed by atoms with E-state index >= 15 is 0 Å². The molecule has 1 heterocycles. The lowest BCUT2D eigenvalue weighted by atomic mass is 10.1. The average Bonchev–Trinajstić information content (AvgIpc) is 2.13. The van der Waals surface area contributed by atoms with Crippen LogP contribution in [0.1, 0.15) is 16.8 Å². The van der Waals surface area contributed by atoms with E-state index in [0.29, 0.717) is 16.8 Å². The number of nitrogens with two attached hydrogens (primary N) is 2. The highest BCUT2D eigenvalue weighted by molar-refractivity contribution is 5.40. The monoisotopic (exact) mass is 198 g/mol. The molecule has 0 amide bonds. The molecule has 0 aliphatic rings. The molecular weight excluding hydrogens is 184 g/mol. The molecule has 6 nitrogen and oxygen atoms in total. The van der Waals surface area contributed by atoms with Gasteiger partial charge >= 0.3 is 0 Å². The number of nitrogens with zero attached hydrogens (tertiary/aromatic N) is 2. The predicted octanol–water partition coefficient (Wildman–Crippen LogP) is -0.863. The number of aliphatic hydroxyl groups is 1. The van der Waals surface area contributed by atoms with Crippen LogP contribution in [-0.4, -0.2) is 20.3 Å². The van der Waals surface area contributed by atoms with Gasteiger partial charge in [0.1, 0.15) is 5.75 Å². The quantitative estimate of drug-likeness (QED) is 0.371. The van der Waals surface area contributed by atoms with Gasteiger partial charge < -0.3 is 10.2 Å². The van der Waals surface area contributed by atoms with Gasteiger partial charge in [-0.15, -0.1) is 0 Å². The summed E-state index contributed by atoms with van der Waals surface area (Å²) >= 11 is 0. The molecule has 0 saturated carbocycles. The first-order valence-electron chi connectivity index (χ1n) is 4.10. The van der Waals surface area contributed by atoms with Crippen molar-refractivity contribution in [1.29, 1.82) is 0 Å². The first kappa shape index (κ1) is 10.9. The largest absolute Gasteiger partial charge is 0.506 e. The maximum absolute atomic E-state index is 9.65. The summed E-state index contributed by atoms with van der Waals surface area (Å²) in [4.78, 5) is 3.91. The van der Waals surface area contributed by atoms with Gasteiger partial charge in [-0.25, -0.2) is 0 Å². The molecule has 6 N–H and O–H groups in total. The Morgan fingerprint density at radius 2 is 2.14 bits per heavy atom. The zero-order valence-electron chi connectivity index (χ0n) is 7.94. The number of aliphatic hydroxyl groups excluding tert-OH is 1.